The third-order valence-electron chi connectivity index (χ3n) is 2.34. The summed E-state index contributed by atoms with van der Waals surface area (Å²) in [4.78, 5) is 0. The van der Waals surface area contributed by atoms with E-state index in [0.29, 0.717) is 16.8 Å². The van der Waals surface area contributed by atoms with Crippen LogP contribution in [0.2, 0.25) is 5.02 Å². The molecule has 84 valence electrons. The number of nitrogens with one attached hydrogen (secondary N) is 1. The second-order valence-electron chi connectivity index (χ2n) is 3.46. The first-order valence-electron chi connectivity index (χ1n) is 4.97. The van der Waals surface area contributed by atoms with Crippen LogP contribution in [0.1, 0.15) is 18.9 Å². The predicted molar refractivity (Wildman–Crippen MR) is 62.2 cm³/mol. The minimum atomic E-state index is 0.0496. The zero-order valence-electron chi connectivity index (χ0n) is 9.07. The van der Waals surface area contributed by atoms with Crippen molar-refractivity contribution in [3.05, 3.63) is 35.2 Å². The van der Waals surface area contributed by atoms with Gasteiger partial charge in [0.25, 0.3) is 0 Å². The maximum absolute atomic E-state index is 5.80. The maximum Gasteiger partial charge on any atom is 0.247 e. The fourth-order valence-electron chi connectivity index (χ4n) is 1.24. The number of hydrogen-bond acceptors (Lipinski definition) is 4. The third kappa shape index (κ3) is 2.23. The van der Waals surface area contributed by atoms with E-state index < -0.39 is 0 Å². The second-order valence-corrected chi connectivity index (χ2v) is 3.90. The van der Waals surface area contributed by atoms with Gasteiger partial charge < -0.3 is 9.73 Å². The molecule has 1 aromatic heterocycles. The Morgan fingerprint density at radius 3 is 2.56 bits per heavy atom. The van der Waals surface area contributed by atoms with Crippen LogP contribution < -0.4 is 5.32 Å². The Labute approximate surface area is 98.6 Å². The minimum Gasteiger partial charge on any atom is -0.419 e. The molecule has 0 aliphatic rings. The monoisotopic (exact) mass is 237 g/mol. The van der Waals surface area contributed by atoms with Crippen LogP contribution in [0.3, 0.4) is 0 Å². The minimum absolute atomic E-state index is 0.0496. The molecule has 0 aliphatic heterocycles. The molecule has 1 aromatic carbocycles. The molecule has 5 heteroatoms. The van der Waals surface area contributed by atoms with Crippen LogP contribution in [0.5, 0.6) is 0 Å². The molecular weight excluding hydrogens is 226 g/mol. The van der Waals surface area contributed by atoms with Crippen molar-refractivity contribution in [3.63, 3.8) is 0 Å². The number of hydrogen-bond donors (Lipinski definition) is 1. The maximum atomic E-state index is 5.80. The van der Waals surface area contributed by atoms with Crippen molar-refractivity contribution >= 4 is 11.6 Å². The lowest BCUT2D eigenvalue weighted by Crippen LogP contribution is -2.12. The van der Waals surface area contributed by atoms with Gasteiger partial charge in [0.2, 0.25) is 11.8 Å². The van der Waals surface area contributed by atoms with Crippen molar-refractivity contribution in [2.24, 2.45) is 0 Å². The number of halogens is 1. The van der Waals surface area contributed by atoms with Crippen molar-refractivity contribution in [1.82, 2.24) is 15.5 Å². The average molecular weight is 238 g/mol. The van der Waals surface area contributed by atoms with Gasteiger partial charge in [-0.15, -0.1) is 10.2 Å². The van der Waals surface area contributed by atoms with E-state index in [-0.39, 0.29) is 6.04 Å². The Balaban J connectivity index is 2.28. The van der Waals surface area contributed by atoms with Gasteiger partial charge in [0.15, 0.2) is 0 Å². The lowest BCUT2D eigenvalue weighted by molar-refractivity contribution is 0.441. The SMILES string of the molecule is CNC(C)c1nnc(-c2ccc(Cl)cc2)o1. The van der Waals surface area contributed by atoms with E-state index >= 15 is 0 Å². The summed E-state index contributed by atoms with van der Waals surface area (Å²) in [7, 11) is 1.84. The molecule has 0 radical (unpaired) electrons. The number of benzene rings is 1. The summed E-state index contributed by atoms with van der Waals surface area (Å²) in [5.74, 6) is 1.08. The Bertz CT molecular complexity index is 466. The van der Waals surface area contributed by atoms with Crippen LogP contribution in [0.4, 0.5) is 0 Å². The standard InChI is InChI=1S/C11H12ClN3O/c1-7(13-2)10-14-15-11(16-10)8-3-5-9(12)6-4-8/h3-7,13H,1-2H3. The Kier molecular flexibility index (Phi) is 3.22. The molecule has 16 heavy (non-hydrogen) atoms. The molecule has 2 aromatic rings. The van der Waals surface area contributed by atoms with Crippen LogP contribution in [0.25, 0.3) is 11.5 Å². The molecule has 1 atom stereocenters. The van der Waals surface area contributed by atoms with E-state index in [1.807, 2.05) is 26.1 Å². The van der Waals surface area contributed by atoms with Crippen LogP contribution in [0, 0.1) is 0 Å². The smallest absolute Gasteiger partial charge is 0.247 e. The van der Waals surface area contributed by atoms with Crippen molar-refractivity contribution in [3.8, 4) is 11.5 Å². The van der Waals surface area contributed by atoms with Crippen molar-refractivity contribution in [1.29, 1.82) is 0 Å². The molecule has 1 heterocycles. The molecule has 0 bridgehead atoms. The second kappa shape index (κ2) is 4.63. The van der Waals surface area contributed by atoms with Crippen LogP contribution in [-0.2, 0) is 0 Å². The fraction of sp³-hybridized carbons (Fsp3) is 0.273. The molecule has 0 saturated carbocycles. The summed E-state index contributed by atoms with van der Waals surface area (Å²) in [6.07, 6.45) is 0. The Hall–Kier alpha value is -1.39. The van der Waals surface area contributed by atoms with Gasteiger partial charge in [-0.2, -0.15) is 0 Å². The molecule has 0 aliphatic carbocycles. The molecule has 1 N–H and O–H groups in total. The molecule has 1 unspecified atom stereocenters. The summed E-state index contributed by atoms with van der Waals surface area (Å²) in [6, 6.07) is 7.34. The van der Waals surface area contributed by atoms with E-state index in [9.17, 15) is 0 Å². The summed E-state index contributed by atoms with van der Waals surface area (Å²) in [5.41, 5.74) is 0.867. The molecule has 0 saturated heterocycles. The highest BCUT2D eigenvalue weighted by molar-refractivity contribution is 6.30. The van der Waals surface area contributed by atoms with Crippen LogP contribution in [-0.4, -0.2) is 17.2 Å². The lowest BCUT2D eigenvalue weighted by Gasteiger charge is -2.02. The van der Waals surface area contributed by atoms with Crippen LogP contribution >= 0.6 is 11.6 Å². The Morgan fingerprint density at radius 2 is 1.94 bits per heavy atom. The van der Waals surface area contributed by atoms with Gasteiger partial charge >= 0.3 is 0 Å². The summed E-state index contributed by atoms with van der Waals surface area (Å²) in [5, 5.41) is 11.7. The van der Waals surface area contributed by atoms with Crippen LogP contribution in [0.15, 0.2) is 28.7 Å². The molecular formula is C11H12ClN3O. The quantitative estimate of drug-likeness (QED) is 0.892. The zero-order chi connectivity index (χ0) is 11.5. The summed E-state index contributed by atoms with van der Waals surface area (Å²) in [6.45, 7) is 1.96. The number of nitrogens with zero attached hydrogens (tertiary/aromatic N) is 2. The summed E-state index contributed by atoms with van der Waals surface area (Å²) < 4.78 is 5.53. The molecule has 2 rings (SSSR count). The zero-order valence-corrected chi connectivity index (χ0v) is 9.82. The fourth-order valence-corrected chi connectivity index (χ4v) is 1.37. The summed E-state index contributed by atoms with van der Waals surface area (Å²) >= 11 is 5.80. The predicted octanol–water partition coefficient (Wildman–Crippen LogP) is 2.67. The average Bonchev–Trinajstić information content (AvgIpc) is 2.78. The van der Waals surface area contributed by atoms with Gasteiger partial charge in [0.1, 0.15) is 0 Å². The van der Waals surface area contributed by atoms with Crippen molar-refractivity contribution < 1.29 is 4.42 Å². The van der Waals surface area contributed by atoms with E-state index in [1.165, 1.54) is 0 Å². The van der Waals surface area contributed by atoms with E-state index in [0.717, 1.165) is 5.56 Å². The molecule has 0 amide bonds. The van der Waals surface area contributed by atoms with Gasteiger partial charge in [-0.1, -0.05) is 11.6 Å². The van der Waals surface area contributed by atoms with Gasteiger partial charge in [-0.25, -0.2) is 0 Å². The molecule has 0 fully saturated rings. The topological polar surface area (TPSA) is 51.0 Å². The highest BCUT2D eigenvalue weighted by Gasteiger charge is 2.12. The van der Waals surface area contributed by atoms with E-state index in [2.05, 4.69) is 15.5 Å². The van der Waals surface area contributed by atoms with E-state index in [4.69, 9.17) is 16.0 Å². The molecule has 4 nitrogen and oxygen atoms in total. The van der Waals surface area contributed by atoms with Gasteiger partial charge in [-0.3, -0.25) is 0 Å². The lowest BCUT2D eigenvalue weighted by atomic mass is 10.2. The van der Waals surface area contributed by atoms with Crippen molar-refractivity contribution in [2.75, 3.05) is 7.05 Å². The largest absolute Gasteiger partial charge is 0.419 e. The first-order chi connectivity index (χ1) is 7.70. The van der Waals surface area contributed by atoms with E-state index in [1.54, 1.807) is 12.1 Å². The highest BCUT2D eigenvalue weighted by Crippen LogP contribution is 2.21. The Morgan fingerprint density at radius 1 is 1.25 bits per heavy atom. The van der Waals surface area contributed by atoms with Crippen molar-refractivity contribution in [2.45, 2.75) is 13.0 Å². The highest BCUT2D eigenvalue weighted by atomic mass is 35.5. The first-order valence-corrected chi connectivity index (χ1v) is 5.35. The normalized spacial score (nSPS) is 12.7. The van der Waals surface area contributed by atoms with Gasteiger partial charge in [0.05, 0.1) is 6.04 Å². The number of rotatable bonds is 3. The van der Waals surface area contributed by atoms with Gasteiger partial charge in [0, 0.05) is 10.6 Å². The first kappa shape index (κ1) is 11.1. The van der Waals surface area contributed by atoms with Gasteiger partial charge in [-0.05, 0) is 38.2 Å². The molecule has 0 spiro atoms. The number of aromatic nitrogens is 2. The third-order valence-corrected chi connectivity index (χ3v) is 2.59.